The molecule has 1 aromatic carbocycles. The van der Waals surface area contributed by atoms with Gasteiger partial charge in [-0.2, -0.15) is 0 Å². The molecule has 1 rings (SSSR count). The average Bonchev–Trinajstić information content (AvgIpc) is 2.29. The topological polar surface area (TPSA) is 80.7 Å². The minimum atomic E-state index is -3.57. The number of hydrogen-bond donors (Lipinski definition) is 1. The van der Waals surface area contributed by atoms with E-state index in [0.29, 0.717) is 13.0 Å². The summed E-state index contributed by atoms with van der Waals surface area (Å²) in [6.45, 7) is 0.328. The molecule has 0 spiro atoms. The van der Waals surface area contributed by atoms with Crippen LogP contribution in [0.15, 0.2) is 29.2 Å². The summed E-state index contributed by atoms with van der Waals surface area (Å²) in [4.78, 5) is 10.8. The van der Waals surface area contributed by atoms with Crippen LogP contribution < -0.4 is 0 Å². The number of ether oxygens (including phenoxy) is 1. The maximum atomic E-state index is 11.9. The van der Waals surface area contributed by atoms with Gasteiger partial charge in [0.15, 0.2) is 9.84 Å². The largest absolute Gasteiger partial charge is 0.478 e. The van der Waals surface area contributed by atoms with Crippen molar-refractivity contribution in [1.82, 2.24) is 0 Å². The van der Waals surface area contributed by atoms with Crippen molar-refractivity contribution in [1.29, 1.82) is 0 Å². The van der Waals surface area contributed by atoms with E-state index in [0.717, 1.165) is 0 Å². The van der Waals surface area contributed by atoms with Gasteiger partial charge in [-0.05, 0) is 18.6 Å². The van der Waals surface area contributed by atoms with Gasteiger partial charge in [0.25, 0.3) is 0 Å². The van der Waals surface area contributed by atoms with E-state index in [-0.39, 0.29) is 16.2 Å². The van der Waals surface area contributed by atoms with Gasteiger partial charge in [0.2, 0.25) is 0 Å². The van der Waals surface area contributed by atoms with Gasteiger partial charge in [-0.3, -0.25) is 0 Å². The lowest BCUT2D eigenvalue weighted by Crippen LogP contribution is -2.13. The highest BCUT2D eigenvalue weighted by atomic mass is 32.2. The average molecular weight is 258 g/mol. The zero-order valence-corrected chi connectivity index (χ0v) is 10.2. The van der Waals surface area contributed by atoms with E-state index < -0.39 is 15.8 Å². The van der Waals surface area contributed by atoms with Gasteiger partial charge in [0.1, 0.15) is 0 Å². The summed E-state index contributed by atoms with van der Waals surface area (Å²) in [5.74, 6) is -1.36. The van der Waals surface area contributed by atoms with Gasteiger partial charge in [0, 0.05) is 13.7 Å². The van der Waals surface area contributed by atoms with Gasteiger partial charge in [-0.15, -0.1) is 0 Å². The number of carboxylic acid groups (broad SMARTS) is 1. The van der Waals surface area contributed by atoms with Crippen LogP contribution in [0.4, 0.5) is 0 Å². The summed E-state index contributed by atoms with van der Waals surface area (Å²) in [7, 11) is -2.09. The van der Waals surface area contributed by atoms with Gasteiger partial charge in [0.05, 0.1) is 16.2 Å². The van der Waals surface area contributed by atoms with Crippen molar-refractivity contribution in [3.8, 4) is 0 Å². The normalized spacial score (nSPS) is 11.4. The van der Waals surface area contributed by atoms with Crippen LogP contribution in [0.1, 0.15) is 16.8 Å². The Labute approximate surface area is 100.0 Å². The highest BCUT2D eigenvalue weighted by Gasteiger charge is 2.21. The molecule has 0 saturated carbocycles. The van der Waals surface area contributed by atoms with Crippen LogP contribution in [-0.4, -0.2) is 39.0 Å². The minimum Gasteiger partial charge on any atom is -0.478 e. The molecule has 0 bridgehead atoms. The third kappa shape index (κ3) is 3.54. The molecule has 0 aromatic heterocycles. The third-order valence-corrected chi connectivity index (χ3v) is 4.07. The van der Waals surface area contributed by atoms with E-state index in [1.165, 1.54) is 31.4 Å². The van der Waals surface area contributed by atoms with Crippen LogP contribution in [0.2, 0.25) is 0 Å². The van der Waals surface area contributed by atoms with Crippen LogP contribution >= 0.6 is 0 Å². The lowest BCUT2D eigenvalue weighted by atomic mass is 10.2. The fourth-order valence-electron chi connectivity index (χ4n) is 1.42. The number of rotatable bonds is 6. The quantitative estimate of drug-likeness (QED) is 0.775. The second kappa shape index (κ2) is 5.79. The van der Waals surface area contributed by atoms with Crippen LogP contribution in [0, 0.1) is 0 Å². The maximum absolute atomic E-state index is 11.9. The zero-order valence-electron chi connectivity index (χ0n) is 9.42. The Hall–Kier alpha value is -1.40. The van der Waals surface area contributed by atoms with E-state index in [2.05, 4.69) is 0 Å². The molecule has 0 radical (unpaired) electrons. The third-order valence-electron chi connectivity index (χ3n) is 2.21. The maximum Gasteiger partial charge on any atom is 0.337 e. The first kappa shape index (κ1) is 13.7. The second-order valence-electron chi connectivity index (χ2n) is 3.47. The minimum absolute atomic E-state index is 0.120. The molecule has 0 aliphatic heterocycles. The fourth-order valence-corrected chi connectivity index (χ4v) is 2.91. The molecule has 94 valence electrons. The zero-order chi connectivity index (χ0) is 12.9. The van der Waals surface area contributed by atoms with E-state index in [4.69, 9.17) is 9.84 Å². The molecular weight excluding hydrogens is 244 g/mol. The monoisotopic (exact) mass is 258 g/mol. The summed E-state index contributed by atoms with van der Waals surface area (Å²) >= 11 is 0. The molecular formula is C11H14O5S. The van der Waals surface area contributed by atoms with Gasteiger partial charge in [-0.1, -0.05) is 12.1 Å². The van der Waals surface area contributed by atoms with Crippen molar-refractivity contribution in [2.45, 2.75) is 11.3 Å². The smallest absolute Gasteiger partial charge is 0.337 e. The lowest BCUT2D eigenvalue weighted by Gasteiger charge is -2.07. The van der Waals surface area contributed by atoms with Crippen molar-refractivity contribution < 1.29 is 23.1 Å². The molecule has 0 aliphatic carbocycles. The molecule has 0 atom stereocenters. The molecule has 0 heterocycles. The summed E-state index contributed by atoms with van der Waals surface area (Å²) < 4.78 is 28.6. The molecule has 0 fully saturated rings. The van der Waals surface area contributed by atoms with Crippen molar-refractivity contribution in [2.75, 3.05) is 19.5 Å². The summed E-state index contributed by atoms with van der Waals surface area (Å²) in [5.41, 5.74) is -0.190. The Bertz CT molecular complexity index is 492. The van der Waals surface area contributed by atoms with Crippen molar-refractivity contribution in [3.63, 3.8) is 0 Å². The number of carboxylic acids is 1. The predicted molar refractivity (Wildman–Crippen MR) is 61.9 cm³/mol. The Morgan fingerprint density at radius 1 is 1.35 bits per heavy atom. The number of carbonyl (C=O) groups is 1. The molecule has 0 unspecified atom stereocenters. The van der Waals surface area contributed by atoms with Gasteiger partial charge < -0.3 is 9.84 Å². The summed E-state index contributed by atoms with van der Waals surface area (Å²) in [5, 5.41) is 8.91. The number of aromatic carboxylic acids is 1. The highest BCUT2D eigenvalue weighted by molar-refractivity contribution is 7.91. The number of hydrogen-bond acceptors (Lipinski definition) is 4. The van der Waals surface area contributed by atoms with E-state index in [1.807, 2.05) is 0 Å². The lowest BCUT2D eigenvalue weighted by molar-refractivity contribution is 0.0692. The summed E-state index contributed by atoms with van der Waals surface area (Å²) in [6.07, 6.45) is 0.340. The molecule has 6 heteroatoms. The van der Waals surface area contributed by atoms with Crippen molar-refractivity contribution >= 4 is 15.8 Å². The SMILES string of the molecule is COCCCS(=O)(=O)c1ccccc1C(=O)O. The fraction of sp³-hybridized carbons (Fsp3) is 0.364. The molecule has 17 heavy (non-hydrogen) atoms. The summed E-state index contributed by atoms with van der Waals surface area (Å²) in [6, 6.07) is 5.60. The Morgan fingerprint density at radius 3 is 2.59 bits per heavy atom. The van der Waals surface area contributed by atoms with Gasteiger partial charge >= 0.3 is 5.97 Å². The van der Waals surface area contributed by atoms with Crippen LogP contribution in [0.3, 0.4) is 0 Å². The first-order valence-corrected chi connectivity index (χ1v) is 6.68. The van der Waals surface area contributed by atoms with E-state index >= 15 is 0 Å². The standard InChI is InChI=1S/C11H14O5S/c1-16-7-4-8-17(14,15)10-6-3-2-5-9(10)11(12)13/h2-3,5-6H,4,7-8H2,1H3,(H,12,13). The van der Waals surface area contributed by atoms with E-state index in [9.17, 15) is 13.2 Å². The number of sulfone groups is 1. The van der Waals surface area contributed by atoms with Crippen molar-refractivity contribution in [2.24, 2.45) is 0 Å². The first-order chi connectivity index (χ1) is 7.99. The Balaban J connectivity index is 3.02. The molecule has 0 aliphatic rings. The predicted octanol–water partition coefficient (Wildman–Crippen LogP) is 1.20. The number of methoxy groups -OCH3 is 1. The molecule has 1 aromatic rings. The van der Waals surface area contributed by atoms with Crippen LogP contribution in [0.25, 0.3) is 0 Å². The molecule has 5 nitrogen and oxygen atoms in total. The first-order valence-electron chi connectivity index (χ1n) is 5.03. The molecule has 0 amide bonds. The van der Waals surface area contributed by atoms with Crippen LogP contribution in [-0.2, 0) is 14.6 Å². The molecule has 0 saturated heterocycles. The highest BCUT2D eigenvalue weighted by Crippen LogP contribution is 2.17. The number of benzene rings is 1. The Morgan fingerprint density at radius 2 is 2.00 bits per heavy atom. The van der Waals surface area contributed by atoms with Crippen LogP contribution in [0.5, 0.6) is 0 Å². The van der Waals surface area contributed by atoms with E-state index in [1.54, 1.807) is 0 Å². The second-order valence-corrected chi connectivity index (χ2v) is 5.54. The Kier molecular flexibility index (Phi) is 4.65. The molecule has 1 N–H and O–H groups in total. The van der Waals surface area contributed by atoms with Gasteiger partial charge in [-0.25, -0.2) is 13.2 Å². The van der Waals surface area contributed by atoms with Crippen molar-refractivity contribution in [3.05, 3.63) is 29.8 Å².